The summed E-state index contributed by atoms with van der Waals surface area (Å²) in [6.45, 7) is 2.24. The van der Waals surface area contributed by atoms with E-state index in [-0.39, 0.29) is 40.4 Å². The Labute approximate surface area is 254 Å². The topological polar surface area (TPSA) is 108 Å². The molecule has 0 saturated heterocycles. The first kappa shape index (κ1) is 33.1. The van der Waals surface area contributed by atoms with Crippen LogP contribution in [0.5, 0.6) is 5.75 Å². The van der Waals surface area contributed by atoms with E-state index in [1.165, 1.54) is 75.6 Å². The Morgan fingerprint density at radius 2 is 1.31 bits per heavy atom. The second-order valence-corrected chi connectivity index (χ2v) is 10.9. The van der Waals surface area contributed by atoms with Gasteiger partial charge in [0.15, 0.2) is 0 Å². The van der Waals surface area contributed by atoms with Crippen LogP contribution in [0.25, 0.3) is 10.8 Å². The van der Waals surface area contributed by atoms with Crippen LogP contribution in [0.1, 0.15) is 84.0 Å². The predicted octanol–water partition coefficient (Wildman–Crippen LogP) is 5.77. The molecule has 3 aromatic carbocycles. The van der Waals surface area contributed by atoms with Gasteiger partial charge >= 0.3 is 35.5 Å². The summed E-state index contributed by atoms with van der Waals surface area (Å²) in [5, 5.41) is 9.96. The molecule has 0 bridgehead atoms. The minimum atomic E-state index is -4.51. The summed E-state index contributed by atoms with van der Waals surface area (Å²) in [6, 6.07) is 16.2. The number of esters is 1. The molecule has 3 rings (SSSR count). The molecule has 7 nitrogen and oxygen atoms in total. The number of hydrogen-bond acceptors (Lipinski definition) is 7. The van der Waals surface area contributed by atoms with Gasteiger partial charge in [-0.15, -0.1) is 5.11 Å². The number of rotatable bonds is 16. The third kappa shape index (κ3) is 11.5. The Morgan fingerprint density at radius 3 is 1.90 bits per heavy atom. The van der Waals surface area contributed by atoms with E-state index in [9.17, 15) is 17.8 Å². The number of fused-ring (bicyclic) bond motifs is 1. The fraction of sp³-hybridized carbons (Fsp3) is 0.433. The fourth-order valence-electron chi connectivity index (χ4n) is 4.33. The van der Waals surface area contributed by atoms with Crippen molar-refractivity contribution in [2.45, 2.75) is 88.9 Å². The minimum Gasteiger partial charge on any atom is -0.744 e. The molecule has 0 aliphatic rings. The SMILES string of the molecule is CCCCCCCCCCCCCC(=O)Oc1ccc(N=Nc2ccc(S(=O)(=O)[O-])cc2)c2ccccc12.[Na+]. The molecule has 0 spiro atoms. The van der Waals surface area contributed by atoms with Crippen LogP contribution in [-0.2, 0) is 14.9 Å². The number of carbonyl (C=O) groups excluding carboxylic acids is 1. The fourth-order valence-corrected chi connectivity index (χ4v) is 4.80. The zero-order chi connectivity index (χ0) is 27.2. The second-order valence-electron chi connectivity index (χ2n) is 9.54. The quantitative estimate of drug-likeness (QED) is 0.0552. The van der Waals surface area contributed by atoms with Gasteiger partial charge in [-0.25, -0.2) is 8.42 Å². The van der Waals surface area contributed by atoms with Gasteiger partial charge in [-0.05, 0) is 42.8 Å². The van der Waals surface area contributed by atoms with Crippen molar-refractivity contribution in [2.75, 3.05) is 0 Å². The van der Waals surface area contributed by atoms with Crippen molar-refractivity contribution in [2.24, 2.45) is 10.2 Å². The van der Waals surface area contributed by atoms with E-state index in [0.717, 1.165) is 30.0 Å². The van der Waals surface area contributed by atoms with Gasteiger partial charge in [-0.2, -0.15) is 5.11 Å². The van der Waals surface area contributed by atoms with Gasteiger partial charge in [0.2, 0.25) is 0 Å². The molecule has 0 aromatic heterocycles. The number of benzene rings is 3. The molecule has 0 aliphatic carbocycles. The third-order valence-electron chi connectivity index (χ3n) is 6.47. The summed E-state index contributed by atoms with van der Waals surface area (Å²) in [6.07, 6.45) is 13.9. The van der Waals surface area contributed by atoms with Gasteiger partial charge in [0, 0.05) is 17.2 Å². The normalized spacial score (nSPS) is 11.5. The molecular weight excluding hydrogens is 523 g/mol. The van der Waals surface area contributed by atoms with Crippen LogP contribution in [0.2, 0.25) is 0 Å². The molecule has 0 heterocycles. The second kappa shape index (κ2) is 17.6. The van der Waals surface area contributed by atoms with Crippen LogP contribution in [-0.4, -0.2) is 18.9 Å². The maximum Gasteiger partial charge on any atom is 1.00 e. The Morgan fingerprint density at radius 1 is 0.744 bits per heavy atom. The molecule has 0 fully saturated rings. The summed E-state index contributed by atoms with van der Waals surface area (Å²) in [5.74, 6) is 0.242. The Bertz CT molecular complexity index is 1310. The first-order chi connectivity index (χ1) is 18.4. The summed E-state index contributed by atoms with van der Waals surface area (Å²) >= 11 is 0. The smallest absolute Gasteiger partial charge is 0.744 e. The molecule has 0 atom stereocenters. The van der Waals surface area contributed by atoms with Crippen molar-refractivity contribution in [3.63, 3.8) is 0 Å². The van der Waals surface area contributed by atoms with E-state index in [1.54, 1.807) is 12.1 Å². The van der Waals surface area contributed by atoms with E-state index in [0.29, 0.717) is 23.5 Å². The largest absolute Gasteiger partial charge is 1.00 e. The van der Waals surface area contributed by atoms with Crippen LogP contribution < -0.4 is 34.3 Å². The molecule has 0 radical (unpaired) electrons. The molecule has 9 heteroatoms. The molecule has 0 unspecified atom stereocenters. The summed E-state index contributed by atoms with van der Waals surface area (Å²) in [5.41, 5.74) is 0.982. The van der Waals surface area contributed by atoms with Crippen molar-refractivity contribution in [3.05, 3.63) is 60.7 Å². The maximum absolute atomic E-state index is 12.5. The zero-order valence-electron chi connectivity index (χ0n) is 23.1. The molecule has 3 aromatic rings. The Kier molecular flexibility index (Phi) is 14.9. The van der Waals surface area contributed by atoms with Gasteiger partial charge in [-0.3, -0.25) is 4.79 Å². The molecule has 204 valence electrons. The van der Waals surface area contributed by atoms with Crippen molar-refractivity contribution in [1.82, 2.24) is 0 Å². The number of ether oxygens (including phenoxy) is 1. The number of unbranched alkanes of at least 4 members (excludes halogenated alkanes) is 10. The number of carbonyl (C=O) groups is 1. The molecule has 39 heavy (non-hydrogen) atoms. The van der Waals surface area contributed by atoms with Crippen LogP contribution in [0.3, 0.4) is 0 Å². The molecule has 0 amide bonds. The van der Waals surface area contributed by atoms with Crippen molar-refractivity contribution < 1.29 is 52.1 Å². The van der Waals surface area contributed by atoms with E-state index in [2.05, 4.69) is 17.2 Å². The number of azo groups is 1. The van der Waals surface area contributed by atoms with Crippen molar-refractivity contribution >= 4 is 38.2 Å². The van der Waals surface area contributed by atoms with Gasteiger partial charge in [0.1, 0.15) is 15.9 Å². The Balaban J connectivity index is 0.00000533. The van der Waals surface area contributed by atoms with Crippen molar-refractivity contribution in [3.8, 4) is 5.75 Å². The average molecular weight is 561 g/mol. The van der Waals surface area contributed by atoms with Gasteiger partial charge in [0.05, 0.1) is 16.3 Å². The first-order valence-electron chi connectivity index (χ1n) is 13.6. The third-order valence-corrected chi connectivity index (χ3v) is 7.32. The first-order valence-corrected chi connectivity index (χ1v) is 15.0. The Hall–Kier alpha value is -2.10. The van der Waals surface area contributed by atoms with Gasteiger partial charge in [-0.1, -0.05) is 95.4 Å². The minimum absolute atomic E-state index is 0. The number of nitrogens with zero attached hydrogens (tertiary/aromatic N) is 2. The van der Waals surface area contributed by atoms with Gasteiger partial charge < -0.3 is 9.29 Å². The maximum atomic E-state index is 12.5. The van der Waals surface area contributed by atoms with E-state index >= 15 is 0 Å². The summed E-state index contributed by atoms with van der Waals surface area (Å²) in [4.78, 5) is 12.2. The van der Waals surface area contributed by atoms with Crippen LogP contribution in [0, 0.1) is 0 Å². The van der Waals surface area contributed by atoms with Crippen LogP contribution in [0.4, 0.5) is 11.4 Å². The zero-order valence-corrected chi connectivity index (χ0v) is 25.9. The van der Waals surface area contributed by atoms with E-state index in [1.807, 2.05) is 24.3 Å². The van der Waals surface area contributed by atoms with Gasteiger partial charge in [0.25, 0.3) is 0 Å². The molecule has 0 saturated carbocycles. The molecule has 0 aliphatic heterocycles. The van der Waals surface area contributed by atoms with Crippen LogP contribution in [0.15, 0.2) is 75.8 Å². The number of hydrogen-bond donors (Lipinski definition) is 0. The summed E-state index contributed by atoms with van der Waals surface area (Å²) < 4.78 is 39.0. The van der Waals surface area contributed by atoms with E-state index in [4.69, 9.17) is 4.74 Å². The molecular formula is C30H37N2NaO5S. The average Bonchev–Trinajstić information content (AvgIpc) is 2.91. The van der Waals surface area contributed by atoms with E-state index < -0.39 is 10.1 Å². The molecule has 0 N–H and O–H groups in total. The predicted molar refractivity (Wildman–Crippen MR) is 149 cm³/mol. The van der Waals surface area contributed by atoms with Crippen molar-refractivity contribution in [1.29, 1.82) is 0 Å². The monoisotopic (exact) mass is 560 g/mol. The standard InChI is InChI=1S/C30H38N2O5S.Na/c1-2-3-4-5-6-7-8-9-10-11-12-17-30(33)37-29-23-22-28(26-15-13-14-16-27(26)29)32-31-24-18-20-25(21-19-24)38(34,35)36;/h13-16,18-23H,2-12,17H2,1H3,(H,34,35,36);/q;+1/p-1. The summed E-state index contributed by atoms with van der Waals surface area (Å²) in [7, 11) is -4.51. The van der Waals surface area contributed by atoms with Crippen LogP contribution >= 0.6 is 0 Å².